The molecule has 0 aliphatic carbocycles. The third-order valence-electron chi connectivity index (χ3n) is 0. The monoisotopic (exact) mass is 306 g/mol. The second kappa shape index (κ2) is 559. The molecule has 0 N–H and O–H groups in total. The zero-order valence-electron chi connectivity index (χ0n) is 3.61. The fraction of sp³-hybridized carbons (Fsp3) is 0. The van der Waals surface area contributed by atoms with Crippen LogP contribution in [0.15, 0.2) is 0 Å². The maximum Gasteiger partial charge on any atom is 7.00 e. The van der Waals surface area contributed by atoms with Crippen molar-refractivity contribution < 1.29 is 78.5 Å². The van der Waals surface area contributed by atoms with E-state index in [9.17, 15) is 0 Å². The average molecular weight is 308 g/mol. The van der Waals surface area contributed by atoms with Crippen molar-refractivity contribution in [3.63, 3.8) is 0 Å². The van der Waals surface area contributed by atoms with E-state index in [2.05, 4.69) is 0 Å². The van der Waals surface area contributed by atoms with E-state index in [1.54, 1.807) is 0 Å². The quantitative estimate of drug-likeness (QED) is 0.537. The fourth-order valence-corrected chi connectivity index (χ4v) is 0. The minimum absolute atomic E-state index is 0. The summed E-state index contributed by atoms with van der Waals surface area (Å²) in [6.45, 7) is 0. The van der Waals surface area contributed by atoms with Crippen LogP contribution in [0.2, 0.25) is 0 Å². The van der Waals surface area contributed by atoms with Crippen LogP contribution < -0.4 is 0 Å². The van der Waals surface area contributed by atoms with E-state index in [1.165, 1.54) is 0 Å². The molecule has 7 nitrogen and oxygen atoms in total. The molecular formula is O7Tc2. The summed E-state index contributed by atoms with van der Waals surface area (Å²) >= 11 is 0. The molecule has 0 rings (SSSR count). The molecule has 0 atom stereocenters. The third kappa shape index (κ3) is 428. The van der Waals surface area contributed by atoms with Gasteiger partial charge >= 0.3 is 40.2 Å². The van der Waals surface area contributed by atoms with E-state index in [0.29, 0.717) is 0 Å². The summed E-state index contributed by atoms with van der Waals surface area (Å²) in [6, 6.07) is 0. The van der Waals surface area contributed by atoms with Gasteiger partial charge in [0.2, 0.25) is 0 Å². The van der Waals surface area contributed by atoms with Crippen molar-refractivity contribution in [2.45, 2.75) is 0 Å². The molecule has 0 fully saturated rings. The Morgan fingerprint density at radius 2 is 0.222 bits per heavy atom. The molecule has 0 aromatic heterocycles. The van der Waals surface area contributed by atoms with Gasteiger partial charge in [-0.2, -0.15) is 0 Å². The molecule has 0 aliphatic heterocycles. The molecular weight excluding hydrogens is 308 g/mol. The normalized spacial score (nSPS) is 0. The topological polar surface area (TPSA) is 200 Å². The summed E-state index contributed by atoms with van der Waals surface area (Å²) in [7, 11) is 0. The van der Waals surface area contributed by atoms with Gasteiger partial charge in [0.25, 0.3) is 0 Å². The van der Waals surface area contributed by atoms with E-state index >= 15 is 0 Å². The van der Waals surface area contributed by atoms with Crippen LogP contribution in [0.1, 0.15) is 0 Å². The van der Waals surface area contributed by atoms with Crippen LogP contribution in [-0.4, -0.2) is 0 Å². The molecule has 0 spiro atoms. The summed E-state index contributed by atoms with van der Waals surface area (Å²) in [5.41, 5.74) is 0. The minimum Gasteiger partial charge on any atom is -2.00 e. The second-order valence-corrected chi connectivity index (χ2v) is 0. The Morgan fingerprint density at radius 1 is 0.222 bits per heavy atom. The van der Waals surface area contributed by atoms with Crippen LogP contribution in [0.25, 0.3) is 0 Å². The molecule has 0 saturated carbocycles. The first-order valence-corrected chi connectivity index (χ1v) is 0. The van der Waals surface area contributed by atoms with Gasteiger partial charge in [0.15, 0.2) is 0 Å². The number of hydrogen-bond acceptors (Lipinski definition) is 0. The van der Waals surface area contributed by atoms with Crippen molar-refractivity contribution >= 4 is 0 Å². The summed E-state index contributed by atoms with van der Waals surface area (Å²) in [4.78, 5) is 0. The summed E-state index contributed by atoms with van der Waals surface area (Å²) in [5, 5.41) is 0. The molecule has 56 valence electrons. The maximum atomic E-state index is 0. The predicted molar refractivity (Wildman–Crippen MR) is 4.81 cm³/mol. The van der Waals surface area contributed by atoms with Crippen molar-refractivity contribution in [3.8, 4) is 0 Å². The molecule has 0 aromatic carbocycles. The van der Waals surface area contributed by atoms with Crippen LogP contribution in [-0.2, 0) is 78.5 Å². The van der Waals surface area contributed by atoms with Gasteiger partial charge in [-0.15, -0.1) is 0 Å². The summed E-state index contributed by atoms with van der Waals surface area (Å²) < 4.78 is 0. The van der Waals surface area contributed by atoms with E-state index < -0.39 is 0 Å². The van der Waals surface area contributed by atoms with E-state index in [-0.39, 0.29) is 78.5 Å². The Balaban J connectivity index is 0. The SMILES string of the molecule is [O-2].[O-2].[O-2].[O-2].[O-2].[O-2].[O-2].[Tc+7].[Tc+7]. The van der Waals surface area contributed by atoms with Gasteiger partial charge < -0.3 is 38.3 Å². The molecule has 0 amide bonds. The van der Waals surface area contributed by atoms with Gasteiger partial charge in [-0.1, -0.05) is 0 Å². The molecule has 0 unspecified atom stereocenters. The van der Waals surface area contributed by atoms with Gasteiger partial charge in [-0.3, -0.25) is 0 Å². The van der Waals surface area contributed by atoms with E-state index in [1.807, 2.05) is 0 Å². The second-order valence-electron chi connectivity index (χ2n) is 0. The zero-order valence-corrected chi connectivity index (χ0v) is 7.33. The third-order valence-corrected chi connectivity index (χ3v) is 0. The van der Waals surface area contributed by atoms with Gasteiger partial charge in [0, 0.05) is 0 Å². The van der Waals surface area contributed by atoms with Crippen molar-refractivity contribution in [2.24, 2.45) is 0 Å². The fourth-order valence-electron chi connectivity index (χ4n) is 0. The smallest absolute Gasteiger partial charge is 2.00 e. The number of rotatable bonds is 0. The van der Waals surface area contributed by atoms with Crippen molar-refractivity contribution in [1.82, 2.24) is 0 Å². The first kappa shape index (κ1) is 785. The Bertz CT molecular complexity index is 6.88. The van der Waals surface area contributed by atoms with Crippen LogP contribution in [0, 0.1) is 0 Å². The molecule has 0 heterocycles. The van der Waals surface area contributed by atoms with Crippen LogP contribution in [0.5, 0.6) is 0 Å². The Hall–Kier alpha value is 1.02. The molecule has 0 saturated heterocycles. The molecule has 0 aliphatic rings. The van der Waals surface area contributed by atoms with Crippen molar-refractivity contribution in [3.05, 3.63) is 0 Å². The Kier molecular flexibility index (Phi) is 48800. The molecule has 9 heavy (non-hydrogen) atoms. The van der Waals surface area contributed by atoms with Gasteiger partial charge in [-0.05, 0) is 0 Å². The molecule has 0 aromatic rings. The van der Waals surface area contributed by atoms with Gasteiger partial charge in [0.05, 0.1) is 0 Å². The Morgan fingerprint density at radius 3 is 0.222 bits per heavy atom. The largest absolute Gasteiger partial charge is 7.00 e. The minimum atomic E-state index is 0. The molecule has 9 heteroatoms. The first-order valence-electron chi connectivity index (χ1n) is 0. The van der Waals surface area contributed by atoms with Gasteiger partial charge in [-0.25, -0.2) is 0 Å². The summed E-state index contributed by atoms with van der Waals surface area (Å²) in [6.07, 6.45) is 0. The summed E-state index contributed by atoms with van der Waals surface area (Å²) in [5.74, 6) is 0. The zero-order chi connectivity index (χ0) is 0. The average Bonchev–Trinajstić information content (AvgIpc) is 0. The first-order chi connectivity index (χ1) is 0. The van der Waals surface area contributed by atoms with Crippen LogP contribution in [0.3, 0.4) is 0 Å². The van der Waals surface area contributed by atoms with Crippen LogP contribution >= 0.6 is 0 Å². The Labute approximate surface area is 78.7 Å². The number of hydrogen-bond donors (Lipinski definition) is 0. The van der Waals surface area contributed by atoms with Gasteiger partial charge in [0.1, 0.15) is 0 Å². The standard InChI is InChI=1S/7O.2Tc/q7*-2;2*+7. The van der Waals surface area contributed by atoms with E-state index in [4.69, 9.17) is 0 Å². The maximum absolute atomic E-state index is 0. The van der Waals surface area contributed by atoms with Crippen molar-refractivity contribution in [1.29, 1.82) is 0 Å². The molecule has 0 radical (unpaired) electrons. The van der Waals surface area contributed by atoms with Crippen molar-refractivity contribution in [2.75, 3.05) is 0 Å². The molecule has 0 bridgehead atoms. The van der Waals surface area contributed by atoms with Crippen LogP contribution in [0.4, 0.5) is 0 Å². The predicted octanol–water partition coefficient (Wildman–Crippen LogP) is -0.837. The van der Waals surface area contributed by atoms with E-state index in [0.717, 1.165) is 0 Å².